The lowest BCUT2D eigenvalue weighted by atomic mass is 10.0. The first-order valence-electron chi connectivity index (χ1n) is 35.8. The first-order chi connectivity index (χ1) is 39.0. The van der Waals surface area contributed by atoms with Crippen molar-refractivity contribution in [2.75, 3.05) is 13.2 Å². The van der Waals surface area contributed by atoms with Gasteiger partial charge in [0.1, 0.15) is 13.2 Å². The van der Waals surface area contributed by atoms with E-state index in [2.05, 4.69) is 45.1 Å². The van der Waals surface area contributed by atoms with Crippen LogP contribution in [0.2, 0.25) is 0 Å². The molecular weight excluding hydrogens is 973 g/mol. The van der Waals surface area contributed by atoms with Gasteiger partial charge < -0.3 is 14.2 Å². The molecule has 6 nitrogen and oxygen atoms in total. The lowest BCUT2D eigenvalue weighted by molar-refractivity contribution is -0.167. The molecule has 6 heteroatoms. The zero-order chi connectivity index (χ0) is 57.1. The molecule has 0 fully saturated rings. The number of unbranched alkanes of at least 4 members (excludes halogenated alkanes) is 52. The molecule has 0 saturated carbocycles. The van der Waals surface area contributed by atoms with Crippen molar-refractivity contribution in [3.05, 3.63) is 24.3 Å². The van der Waals surface area contributed by atoms with Crippen molar-refractivity contribution in [2.24, 2.45) is 0 Å². The summed E-state index contributed by atoms with van der Waals surface area (Å²) in [4.78, 5) is 38.4. The number of ether oxygens (including phenoxy) is 3. The Bertz CT molecular complexity index is 1270. The predicted octanol–water partition coefficient (Wildman–Crippen LogP) is 24.6. The predicted molar refractivity (Wildman–Crippen MR) is 344 cm³/mol. The number of carbonyl (C=O) groups excluding carboxylic acids is 3. The van der Waals surface area contributed by atoms with Gasteiger partial charge in [0.25, 0.3) is 0 Å². The third-order valence-electron chi connectivity index (χ3n) is 16.5. The molecule has 1 atom stereocenters. The zero-order valence-corrected chi connectivity index (χ0v) is 53.7. The summed E-state index contributed by atoms with van der Waals surface area (Å²) < 4.78 is 17.0. The van der Waals surface area contributed by atoms with Crippen LogP contribution in [0.4, 0.5) is 0 Å². The van der Waals surface area contributed by atoms with Crippen molar-refractivity contribution in [1.29, 1.82) is 0 Å². The molecule has 0 aromatic rings. The maximum Gasteiger partial charge on any atom is 0.306 e. The van der Waals surface area contributed by atoms with Crippen LogP contribution in [0, 0.1) is 0 Å². The average Bonchev–Trinajstić information content (AvgIpc) is 3.45. The van der Waals surface area contributed by atoms with Gasteiger partial charge in [0.2, 0.25) is 0 Å². The SMILES string of the molecule is CCCC/C=C\C/C=C\CCCCCCCC(=O)OCC(COC(=O)CCCCCCCCCCCCCCCCCCCCCCCCCCCCCC)OC(=O)CCCCCCCCCCCCCCCCCCCCC. The molecule has 0 aliphatic rings. The van der Waals surface area contributed by atoms with Gasteiger partial charge in [-0.2, -0.15) is 0 Å². The molecule has 466 valence electrons. The second-order valence-corrected chi connectivity index (χ2v) is 24.5. The largest absolute Gasteiger partial charge is 0.462 e. The quantitative estimate of drug-likeness (QED) is 0.0261. The third-order valence-corrected chi connectivity index (χ3v) is 16.5. The Morgan fingerprint density at radius 2 is 0.468 bits per heavy atom. The first-order valence-corrected chi connectivity index (χ1v) is 35.8. The molecule has 79 heavy (non-hydrogen) atoms. The summed E-state index contributed by atoms with van der Waals surface area (Å²) in [5.41, 5.74) is 0. The minimum absolute atomic E-state index is 0.0693. The smallest absolute Gasteiger partial charge is 0.306 e. The Balaban J connectivity index is 4.19. The van der Waals surface area contributed by atoms with E-state index in [1.807, 2.05) is 0 Å². The van der Waals surface area contributed by atoms with Gasteiger partial charge >= 0.3 is 17.9 Å². The van der Waals surface area contributed by atoms with Crippen molar-refractivity contribution in [2.45, 2.75) is 412 Å². The molecule has 0 heterocycles. The van der Waals surface area contributed by atoms with Crippen LogP contribution in [0.3, 0.4) is 0 Å². The van der Waals surface area contributed by atoms with Gasteiger partial charge in [-0.25, -0.2) is 0 Å². The maximum absolute atomic E-state index is 12.9. The van der Waals surface area contributed by atoms with Gasteiger partial charge in [0.05, 0.1) is 0 Å². The topological polar surface area (TPSA) is 78.9 Å². The molecule has 0 spiro atoms. The van der Waals surface area contributed by atoms with Crippen molar-refractivity contribution >= 4 is 17.9 Å². The number of hydrogen-bond donors (Lipinski definition) is 0. The minimum Gasteiger partial charge on any atom is -0.462 e. The Labute approximate surface area is 493 Å². The van der Waals surface area contributed by atoms with Crippen LogP contribution in [0.1, 0.15) is 406 Å². The van der Waals surface area contributed by atoms with Gasteiger partial charge in [-0.3, -0.25) is 14.4 Å². The molecule has 0 N–H and O–H groups in total. The van der Waals surface area contributed by atoms with Crippen LogP contribution in [-0.2, 0) is 28.6 Å². The van der Waals surface area contributed by atoms with E-state index in [4.69, 9.17) is 14.2 Å². The summed E-state index contributed by atoms with van der Waals surface area (Å²) in [6, 6.07) is 0. The highest BCUT2D eigenvalue weighted by Gasteiger charge is 2.19. The molecule has 0 aliphatic carbocycles. The van der Waals surface area contributed by atoms with Gasteiger partial charge in [0, 0.05) is 19.3 Å². The first kappa shape index (κ1) is 76.9. The van der Waals surface area contributed by atoms with E-state index in [1.54, 1.807) is 0 Å². The van der Waals surface area contributed by atoms with Crippen molar-refractivity contribution in [1.82, 2.24) is 0 Å². The highest BCUT2D eigenvalue weighted by molar-refractivity contribution is 5.71. The second-order valence-electron chi connectivity index (χ2n) is 24.5. The van der Waals surface area contributed by atoms with E-state index in [0.717, 1.165) is 77.0 Å². The molecular formula is C73H138O6. The van der Waals surface area contributed by atoms with Gasteiger partial charge in [-0.05, 0) is 44.9 Å². The lowest BCUT2D eigenvalue weighted by Gasteiger charge is -2.18. The molecule has 1 unspecified atom stereocenters. The Kier molecular flexibility index (Phi) is 66.6. The number of carbonyl (C=O) groups is 3. The van der Waals surface area contributed by atoms with E-state index in [9.17, 15) is 14.4 Å². The van der Waals surface area contributed by atoms with E-state index < -0.39 is 6.10 Å². The molecule has 0 aromatic carbocycles. The maximum atomic E-state index is 12.9. The molecule has 0 bridgehead atoms. The zero-order valence-electron chi connectivity index (χ0n) is 53.7. The van der Waals surface area contributed by atoms with Crippen LogP contribution in [0.15, 0.2) is 24.3 Å². The summed E-state index contributed by atoms with van der Waals surface area (Å²) >= 11 is 0. The number of rotatable bonds is 67. The van der Waals surface area contributed by atoms with Gasteiger partial charge in [-0.1, -0.05) is 366 Å². The van der Waals surface area contributed by atoms with Crippen LogP contribution >= 0.6 is 0 Å². The summed E-state index contributed by atoms with van der Waals surface area (Å²) in [6.45, 7) is 6.68. The van der Waals surface area contributed by atoms with Gasteiger partial charge in [-0.15, -0.1) is 0 Å². The molecule has 0 saturated heterocycles. The fourth-order valence-corrected chi connectivity index (χ4v) is 11.1. The van der Waals surface area contributed by atoms with Crippen LogP contribution in [0.5, 0.6) is 0 Å². The van der Waals surface area contributed by atoms with E-state index >= 15 is 0 Å². The Morgan fingerprint density at radius 1 is 0.253 bits per heavy atom. The van der Waals surface area contributed by atoms with E-state index in [-0.39, 0.29) is 31.1 Å². The molecule has 0 aliphatic heterocycles. The van der Waals surface area contributed by atoms with Crippen LogP contribution < -0.4 is 0 Å². The average molecular weight is 1110 g/mol. The molecule has 0 rings (SSSR count). The molecule has 0 aromatic heterocycles. The summed E-state index contributed by atoms with van der Waals surface area (Å²) in [7, 11) is 0. The summed E-state index contributed by atoms with van der Waals surface area (Å²) in [5.74, 6) is -0.851. The summed E-state index contributed by atoms with van der Waals surface area (Å²) in [6.07, 6.45) is 83.6. The lowest BCUT2D eigenvalue weighted by Crippen LogP contribution is -2.30. The minimum atomic E-state index is -0.774. The Morgan fingerprint density at radius 3 is 0.734 bits per heavy atom. The van der Waals surface area contributed by atoms with Crippen LogP contribution in [0.25, 0.3) is 0 Å². The second kappa shape index (κ2) is 68.4. The van der Waals surface area contributed by atoms with Crippen LogP contribution in [-0.4, -0.2) is 37.2 Å². The van der Waals surface area contributed by atoms with Crippen molar-refractivity contribution < 1.29 is 28.6 Å². The fourth-order valence-electron chi connectivity index (χ4n) is 11.1. The number of allylic oxidation sites excluding steroid dienone is 4. The standard InChI is InChI=1S/C73H138O6/c1-4-7-10-13-16-19-22-25-28-30-32-33-34-35-36-37-38-39-40-42-43-45-48-51-54-57-60-63-66-72(75)78-69-70(68-77-71(74)65-62-59-56-53-50-47-27-24-21-18-15-12-9-6-3)79-73(76)67-64-61-58-55-52-49-46-44-41-31-29-26-23-20-17-14-11-8-5-2/h15,18,24,27,70H,4-14,16-17,19-23,25-26,28-69H2,1-3H3/b18-15-,27-24-. The fraction of sp³-hybridized carbons (Fsp3) is 0.904. The molecule has 0 radical (unpaired) electrons. The number of hydrogen-bond acceptors (Lipinski definition) is 6. The Hall–Kier alpha value is -2.11. The van der Waals surface area contributed by atoms with Gasteiger partial charge in [0.15, 0.2) is 6.10 Å². The normalized spacial score (nSPS) is 12.1. The van der Waals surface area contributed by atoms with E-state index in [0.29, 0.717) is 19.3 Å². The summed E-state index contributed by atoms with van der Waals surface area (Å²) in [5, 5.41) is 0. The third kappa shape index (κ3) is 66.6. The van der Waals surface area contributed by atoms with Crippen molar-refractivity contribution in [3.63, 3.8) is 0 Å². The highest BCUT2D eigenvalue weighted by Crippen LogP contribution is 2.19. The monoisotopic (exact) mass is 1110 g/mol. The van der Waals surface area contributed by atoms with E-state index in [1.165, 1.54) is 289 Å². The number of esters is 3. The van der Waals surface area contributed by atoms with Crippen molar-refractivity contribution in [3.8, 4) is 0 Å². The highest BCUT2D eigenvalue weighted by atomic mass is 16.6. The molecule has 0 amide bonds.